The summed E-state index contributed by atoms with van der Waals surface area (Å²) in [5.41, 5.74) is 8.50. The average Bonchev–Trinajstić information content (AvgIpc) is 2.77. The Kier molecular flexibility index (Phi) is 12.5. The first-order chi connectivity index (χ1) is 16.5. The number of amides is 1. The van der Waals surface area contributed by atoms with Gasteiger partial charge in [0, 0.05) is 25.7 Å². The maximum Gasteiger partial charge on any atom is 0.311 e. The van der Waals surface area contributed by atoms with E-state index in [-0.39, 0.29) is 0 Å². The minimum absolute atomic E-state index is 0.426. The second-order valence-corrected chi connectivity index (χ2v) is 7.81. The van der Waals surface area contributed by atoms with Crippen molar-refractivity contribution in [3.63, 3.8) is 0 Å². The van der Waals surface area contributed by atoms with Crippen LogP contribution < -0.4 is 5.32 Å². The van der Waals surface area contributed by atoms with Gasteiger partial charge in [0.15, 0.2) is 12.2 Å². The van der Waals surface area contributed by atoms with Crippen LogP contribution in [0.3, 0.4) is 0 Å². The van der Waals surface area contributed by atoms with E-state index >= 15 is 0 Å². The Labute approximate surface area is 202 Å². The van der Waals surface area contributed by atoms with Gasteiger partial charge in [0.05, 0.1) is 5.92 Å². The van der Waals surface area contributed by atoms with Gasteiger partial charge in [-0.15, -0.1) is 0 Å². The number of azide groups is 1. The van der Waals surface area contributed by atoms with Gasteiger partial charge in [-0.05, 0) is 18.4 Å². The molecule has 6 atom stereocenters. The van der Waals surface area contributed by atoms with Crippen molar-refractivity contribution < 1.29 is 47.7 Å². The molecule has 196 valence electrons. The fourth-order valence-corrected chi connectivity index (χ4v) is 3.53. The lowest BCUT2D eigenvalue weighted by molar-refractivity contribution is -0.272. The zero-order chi connectivity index (χ0) is 26.5. The van der Waals surface area contributed by atoms with Crippen molar-refractivity contribution in [3.8, 4) is 0 Å². The van der Waals surface area contributed by atoms with Crippen LogP contribution in [0.25, 0.3) is 10.4 Å². The summed E-state index contributed by atoms with van der Waals surface area (Å²) in [5, 5.41) is 5.64. The summed E-state index contributed by atoms with van der Waals surface area (Å²) in [5.74, 6) is -4.10. The van der Waals surface area contributed by atoms with Gasteiger partial charge in [-0.3, -0.25) is 24.0 Å². The van der Waals surface area contributed by atoms with Crippen LogP contribution in [0, 0.1) is 5.92 Å². The van der Waals surface area contributed by atoms with E-state index in [2.05, 4.69) is 15.3 Å². The van der Waals surface area contributed by atoms with Crippen LogP contribution in [0.4, 0.5) is 0 Å². The second-order valence-electron chi connectivity index (χ2n) is 7.81. The highest BCUT2D eigenvalue weighted by Crippen LogP contribution is 2.29. The van der Waals surface area contributed by atoms with Crippen LogP contribution in [0.15, 0.2) is 5.11 Å². The predicted molar refractivity (Wildman–Crippen MR) is 117 cm³/mol. The smallest absolute Gasteiger partial charge is 0.311 e. The molecule has 1 amide bonds. The maximum absolute atomic E-state index is 12.8. The lowest BCUT2D eigenvalue weighted by Gasteiger charge is -2.44. The van der Waals surface area contributed by atoms with Gasteiger partial charge in [-0.25, -0.2) is 0 Å². The number of carbonyl (C=O) groups excluding carboxylic acids is 5. The molecule has 1 aliphatic heterocycles. The van der Waals surface area contributed by atoms with Gasteiger partial charge < -0.3 is 29.0 Å². The Morgan fingerprint density at radius 2 is 1.63 bits per heavy atom. The number of esters is 4. The fourth-order valence-electron chi connectivity index (χ4n) is 3.53. The molecule has 14 nitrogen and oxygen atoms in total. The Morgan fingerprint density at radius 1 is 1.00 bits per heavy atom. The minimum Gasteiger partial charge on any atom is -0.463 e. The van der Waals surface area contributed by atoms with E-state index < -0.39 is 79.5 Å². The van der Waals surface area contributed by atoms with Gasteiger partial charge in [0.2, 0.25) is 12.2 Å². The summed E-state index contributed by atoms with van der Waals surface area (Å²) in [4.78, 5) is 62.8. The molecule has 1 rings (SSSR count). The zero-order valence-electron chi connectivity index (χ0n) is 20.4. The number of nitrogens with zero attached hydrogens (tertiary/aromatic N) is 3. The van der Waals surface area contributed by atoms with E-state index in [1.165, 1.54) is 0 Å². The van der Waals surface area contributed by atoms with Gasteiger partial charge in [-0.2, -0.15) is 0 Å². The molecular formula is C21H32N4O10. The van der Waals surface area contributed by atoms with Crippen molar-refractivity contribution in [2.75, 3.05) is 13.2 Å². The number of rotatable bonds is 12. The molecule has 1 heterocycles. The molecule has 0 aromatic rings. The summed E-state index contributed by atoms with van der Waals surface area (Å²) in [7, 11) is 0. The molecule has 0 radical (unpaired) electrons. The van der Waals surface area contributed by atoms with Crippen molar-refractivity contribution in [1.29, 1.82) is 0 Å². The molecule has 1 N–H and O–H groups in total. The largest absolute Gasteiger partial charge is 0.463 e. The van der Waals surface area contributed by atoms with Crippen LogP contribution in [0.2, 0.25) is 0 Å². The summed E-state index contributed by atoms with van der Waals surface area (Å²) in [6.07, 6.45) is -3.73. The molecule has 0 bridgehead atoms. The molecule has 3 unspecified atom stereocenters. The van der Waals surface area contributed by atoms with Crippen molar-refractivity contribution in [2.45, 2.75) is 84.5 Å². The summed E-state index contributed by atoms with van der Waals surface area (Å²) in [6, 6.07) is -1.35. The Morgan fingerprint density at radius 3 is 2.14 bits per heavy atom. The van der Waals surface area contributed by atoms with Crippen molar-refractivity contribution in [3.05, 3.63) is 10.4 Å². The molecule has 0 aromatic heterocycles. The van der Waals surface area contributed by atoms with E-state index in [1.54, 1.807) is 0 Å². The molecule has 0 aromatic carbocycles. The third-order valence-corrected chi connectivity index (χ3v) is 5.00. The number of nitrogens with one attached hydrogen (secondary N) is 1. The van der Waals surface area contributed by atoms with Crippen LogP contribution in [0.5, 0.6) is 0 Å². The Balaban J connectivity index is 3.44. The lowest BCUT2D eigenvalue weighted by Crippen LogP contribution is -2.67. The highest BCUT2D eigenvalue weighted by molar-refractivity contribution is 5.79. The quantitative estimate of drug-likeness (QED) is 0.134. The number of hydrogen-bond donors (Lipinski definition) is 1. The first-order valence-electron chi connectivity index (χ1n) is 11.2. The van der Waals surface area contributed by atoms with Crippen LogP contribution in [-0.2, 0) is 47.7 Å². The number of hydrogen-bond acceptors (Lipinski definition) is 11. The van der Waals surface area contributed by atoms with Gasteiger partial charge in [-0.1, -0.05) is 25.4 Å². The zero-order valence-corrected chi connectivity index (χ0v) is 20.4. The second kappa shape index (κ2) is 14.8. The molecule has 0 spiro atoms. The van der Waals surface area contributed by atoms with E-state index in [9.17, 15) is 24.0 Å². The molecule has 35 heavy (non-hydrogen) atoms. The van der Waals surface area contributed by atoms with Crippen LogP contribution >= 0.6 is 0 Å². The first kappa shape index (κ1) is 29.7. The number of ether oxygens (including phenoxy) is 5. The van der Waals surface area contributed by atoms with Gasteiger partial charge in [0.25, 0.3) is 0 Å². The average molecular weight is 501 g/mol. The topological polar surface area (TPSA) is 192 Å². The molecular weight excluding hydrogens is 468 g/mol. The van der Waals surface area contributed by atoms with Crippen molar-refractivity contribution >= 4 is 29.8 Å². The highest BCUT2D eigenvalue weighted by atomic mass is 16.7. The minimum atomic E-state index is -1.51. The summed E-state index contributed by atoms with van der Waals surface area (Å²) < 4.78 is 27.0. The molecule has 14 heteroatoms. The molecule has 0 aliphatic carbocycles. The van der Waals surface area contributed by atoms with Crippen molar-refractivity contribution in [2.24, 2.45) is 11.0 Å². The highest BCUT2D eigenvalue weighted by Gasteiger charge is 2.52. The lowest BCUT2D eigenvalue weighted by atomic mass is 9.95. The molecule has 1 fully saturated rings. The maximum atomic E-state index is 12.8. The first-order valence-corrected chi connectivity index (χ1v) is 11.2. The van der Waals surface area contributed by atoms with E-state index in [0.717, 1.165) is 20.8 Å². The molecule has 0 saturated carbocycles. The van der Waals surface area contributed by atoms with Gasteiger partial charge in [0.1, 0.15) is 25.3 Å². The third-order valence-electron chi connectivity index (χ3n) is 5.00. The SMILES string of the molecule is CCCC(CC)C(=O)O[C@@H]1OC(COC(C)=O)[C@@H](OC(C)=O)[C@H](OC(C)=O)C1NC(=O)CN=[N+]=[N-]. The third kappa shape index (κ3) is 9.79. The summed E-state index contributed by atoms with van der Waals surface area (Å²) >= 11 is 0. The van der Waals surface area contributed by atoms with E-state index in [1.807, 2.05) is 13.8 Å². The van der Waals surface area contributed by atoms with Crippen molar-refractivity contribution in [1.82, 2.24) is 5.32 Å². The normalized spacial score (nSPS) is 24.2. The fraction of sp³-hybridized carbons (Fsp3) is 0.762. The Bertz CT molecular complexity index is 829. The van der Waals surface area contributed by atoms with Crippen LogP contribution in [-0.4, -0.2) is 73.6 Å². The predicted octanol–water partition coefficient (Wildman–Crippen LogP) is 1.30. The Hall–Kier alpha value is -3.38. The van der Waals surface area contributed by atoms with Gasteiger partial charge >= 0.3 is 23.9 Å². The molecule has 1 aliphatic rings. The number of carbonyl (C=O) groups is 5. The molecule has 1 saturated heterocycles. The monoisotopic (exact) mass is 500 g/mol. The van der Waals surface area contributed by atoms with E-state index in [4.69, 9.17) is 29.2 Å². The van der Waals surface area contributed by atoms with E-state index in [0.29, 0.717) is 19.3 Å². The van der Waals surface area contributed by atoms with Crippen LogP contribution in [0.1, 0.15) is 53.9 Å². The summed E-state index contributed by atoms with van der Waals surface area (Å²) in [6.45, 7) is 6.03. The standard InChI is InChI=1S/C21H32N4O10/c1-6-8-14(7-2)20(30)35-21-17(24-16(29)9-23-25-22)19(33-13(5)28)18(32-12(4)27)15(34-21)10-31-11(3)26/h14-15,17-19,21H,6-10H2,1-5H3,(H,24,29)/t14?,15?,17?,18-,19-,21+/m1/s1.